The number of aromatic nitrogens is 1. The number of aromatic amines is 1. The van der Waals surface area contributed by atoms with Crippen LogP contribution in [0.3, 0.4) is 0 Å². The maximum Gasteiger partial charge on any atom is 0.407 e. The average molecular weight is 405 g/mol. The predicted molar refractivity (Wildman–Crippen MR) is 117 cm³/mol. The van der Waals surface area contributed by atoms with Crippen LogP contribution in [0.25, 0.3) is 10.9 Å². The predicted octanol–water partition coefficient (Wildman–Crippen LogP) is 5.21. The molecule has 0 saturated carbocycles. The maximum absolute atomic E-state index is 11.8. The number of carbonyl (C=O) groups excluding carboxylic acids is 1. The second kappa shape index (κ2) is 11.7. The van der Waals surface area contributed by atoms with Gasteiger partial charge in [0.15, 0.2) is 0 Å². The number of benzene rings is 1. The van der Waals surface area contributed by atoms with E-state index in [2.05, 4.69) is 23.3 Å². The summed E-state index contributed by atoms with van der Waals surface area (Å²) in [5, 5.41) is 3.93. The highest BCUT2D eigenvalue weighted by atomic mass is 16.6. The standard InChI is InChI=1S/C23H36N2O4/c1-5-6-13-27-14-7-8-15-28-19-9-10-21-20(16-19)18(17-25-21)11-12-24-22(26)29-23(2,3)4/h9-10,16-17,25H,5-8,11-15H2,1-4H3,(H,24,26). The zero-order chi connectivity index (χ0) is 21.1. The second-order valence-electron chi connectivity index (χ2n) is 8.22. The van der Waals surface area contributed by atoms with Crippen molar-refractivity contribution >= 4 is 17.0 Å². The van der Waals surface area contributed by atoms with E-state index in [1.807, 2.05) is 39.1 Å². The highest BCUT2D eigenvalue weighted by Crippen LogP contribution is 2.24. The highest BCUT2D eigenvalue weighted by molar-refractivity contribution is 5.84. The molecule has 2 N–H and O–H groups in total. The van der Waals surface area contributed by atoms with Crippen LogP contribution in [0, 0.1) is 0 Å². The van der Waals surface area contributed by atoms with Gasteiger partial charge in [0, 0.05) is 36.9 Å². The third-order valence-corrected chi connectivity index (χ3v) is 4.40. The van der Waals surface area contributed by atoms with Gasteiger partial charge in [-0.3, -0.25) is 0 Å². The van der Waals surface area contributed by atoms with E-state index in [9.17, 15) is 4.79 Å². The lowest BCUT2D eigenvalue weighted by molar-refractivity contribution is 0.0528. The molecule has 0 fully saturated rings. The van der Waals surface area contributed by atoms with E-state index < -0.39 is 5.60 Å². The van der Waals surface area contributed by atoms with E-state index in [0.29, 0.717) is 13.2 Å². The van der Waals surface area contributed by atoms with Crippen molar-refractivity contribution in [1.29, 1.82) is 0 Å². The smallest absolute Gasteiger partial charge is 0.407 e. The lowest BCUT2D eigenvalue weighted by Crippen LogP contribution is -2.33. The van der Waals surface area contributed by atoms with E-state index in [-0.39, 0.29) is 6.09 Å². The quantitative estimate of drug-likeness (QED) is 0.476. The number of rotatable bonds is 12. The number of hydrogen-bond acceptors (Lipinski definition) is 4. The lowest BCUT2D eigenvalue weighted by atomic mass is 10.1. The first-order valence-corrected chi connectivity index (χ1v) is 10.7. The van der Waals surface area contributed by atoms with Gasteiger partial charge in [0.05, 0.1) is 6.61 Å². The van der Waals surface area contributed by atoms with Crippen LogP contribution >= 0.6 is 0 Å². The summed E-state index contributed by atoms with van der Waals surface area (Å²) in [7, 11) is 0. The number of amides is 1. The fourth-order valence-electron chi connectivity index (χ4n) is 2.91. The van der Waals surface area contributed by atoms with Crippen LogP contribution < -0.4 is 10.1 Å². The number of carbonyl (C=O) groups is 1. The van der Waals surface area contributed by atoms with Gasteiger partial charge in [0.2, 0.25) is 0 Å². The van der Waals surface area contributed by atoms with Crippen molar-refractivity contribution in [2.75, 3.05) is 26.4 Å². The van der Waals surface area contributed by atoms with Crippen molar-refractivity contribution in [3.8, 4) is 5.75 Å². The molecule has 0 atom stereocenters. The molecule has 6 nitrogen and oxygen atoms in total. The second-order valence-corrected chi connectivity index (χ2v) is 8.22. The molecule has 2 rings (SSSR count). The van der Waals surface area contributed by atoms with Crippen molar-refractivity contribution in [2.45, 2.75) is 65.4 Å². The van der Waals surface area contributed by atoms with Gasteiger partial charge in [-0.2, -0.15) is 0 Å². The number of fused-ring (bicyclic) bond motifs is 1. The Morgan fingerprint density at radius 3 is 2.62 bits per heavy atom. The first kappa shape index (κ1) is 23.1. The summed E-state index contributed by atoms with van der Waals surface area (Å²) in [6.45, 7) is 10.6. The zero-order valence-electron chi connectivity index (χ0n) is 18.3. The van der Waals surface area contributed by atoms with Crippen LogP contribution in [-0.4, -0.2) is 43.0 Å². The Morgan fingerprint density at radius 2 is 1.86 bits per heavy atom. The zero-order valence-corrected chi connectivity index (χ0v) is 18.3. The molecular formula is C23H36N2O4. The summed E-state index contributed by atoms with van der Waals surface area (Å²) < 4.78 is 16.7. The van der Waals surface area contributed by atoms with Crippen LogP contribution in [0.1, 0.15) is 58.9 Å². The Bertz CT molecular complexity index is 749. The first-order valence-electron chi connectivity index (χ1n) is 10.7. The minimum absolute atomic E-state index is 0.389. The Balaban J connectivity index is 1.76. The van der Waals surface area contributed by atoms with Gasteiger partial charge in [-0.05, 0) is 70.2 Å². The van der Waals surface area contributed by atoms with Crippen molar-refractivity contribution in [2.24, 2.45) is 0 Å². The Morgan fingerprint density at radius 1 is 1.10 bits per heavy atom. The molecule has 29 heavy (non-hydrogen) atoms. The summed E-state index contributed by atoms with van der Waals surface area (Å²) in [4.78, 5) is 15.1. The largest absolute Gasteiger partial charge is 0.494 e. The Kier molecular flexibility index (Phi) is 9.32. The summed E-state index contributed by atoms with van der Waals surface area (Å²) in [5.41, 5.74) is 1.72. The van der Waals surface area contributed by atoms with E-state index in [4.69, 9.17) is 14.2 Å². The topological polar surface area (TPSA) is 72.6 Å². The fraction of sp³-hybridized carbons (Fsp3) is 0.609. The molecule has 0 unspecified atom stereocenters. The number of H-pyrrole nitrogens is 1. The van der Waals surface area contributed by atoms with Gasteiger partial charge in [0.1, 0.15) is 11.4 Å². The molecule has 6 heteroatoms. The number of ether oxygens (including phenoxy) is 3. The Hall–Kier alpha value is -2.21. The molecule has 162 valence electrons. The number of unbranched alkanes of at least 4 members (excludes halogenated alkanes) is 2. The number of alkyl carbamates (subject to hydrolysis) is 1. The van der Waals surface area contributed by atoms with Gasteiger partial charge < -0.3 is 24.5 Å². The van der Waals surface area contributed by atoms with Crippen LogP contribution in [-0.2, 0) is 15.9 Å². The van der Waals surface area contributed by atoms with Crippen molar-refractivity contribution in [3.63, 3.8) is 0 Å². The first-order chi connectivity index (χ1) is 13.9. The minimum atomic E-state index is -0.487. The van der Waals surface area contributed by atoms with Gasteiger partial charge in [-0.25, -0.2) is 4.79 Å². The molecule has 0 bridgehead atoms. The van der Waals surface area contributed by atoms with Crippen LogP contribution in [0.5, 0.6) is 5.75 Å². The van der Waals surface area contributed by atoms with E-state index >= 15 is 0 Å². The third-order valence-electron chi connectivity index (χ3n) is 4.40. The maximum atomic E-state index is 11.8. The SMILES string of the molecule is CCCCOCCCCOc1ccc2[nH]cc(CCNC(=O)OC(C)(C)C)c2c1. The minimum Gasteiger partial charge on any atom is -0.494 e. The molecule has 1 amide bonds. The Labute approximate surface area is 174 Å². The van der Waals surface area contributed by atoms with Crippen molar-refractivity contribution in [3.05, 3.63) is 30.0 Å². The normalized spacial score (nSPS) is 11.6. The number of nitrogens with one attached hydrogen (secondary N) is 2. The highest BCUT2D eigenvalue weighted by Gasteiger charge is 2.15. The lowest BCUT2D eigenvalue weighted by Gasteiger charge is -2.19. The molecule has 0 aliphatic rings. The summed E-state index contributed by atoms with van der Waals surface area (Å²) in [6.07, 6.45) is 6.60. The van der Waals surface area contributed by atoms with E-state index in [0.717, 1.165) is 61.1 Å². The molecular weight excluding hydrogens is 368 g/mol. The van der Waals surface area contributed by atoms with Gasteiger partial charge in [0.25, 0.3) is 0 Å². The summed E-state index contributed by atoms with van der Waals surface area (Å²) in [5.74, 6) is 0.866. The molecule has 2 aromatic rings. The molecule has 1 heterocycles. The fourth-order valence-corrected chi connectivity index (χ4v) is 2.91. The van der Waals surface area contributed by atoms with Crippen LogP contribution in [0.4, 0.5) is 4.79 Å². The molecule has 0 saturated heterocycles. The molecule has 0 radical (unpaired) electrons. The molecule has 1 aromatic heterocycles. The number of hydrogen-bond donors (Lipinski definition) is 2. The van der Waals surface area contributed by atoms with Crippen molar-refractivity contribution < 1.29 is 19.0 Å². The molecule has 0 aliphatic carbocycles. The molecule has 0 aliphatic heterocycles. The third kappa shape index (κ3) is 8.77. The average Bonchev–Trinajstić information content (AvgIpc) is 3.05. The van der Waals surface area contributed by atoms with Crippen LogP contribution in [0.15, 0.2) is 24.4 Å². The molecule has 0 spiro atoms. The van der Waals surface area contributed by atoms with Crippen molar-refractivity contribution in [1.82, 2.24) is 10.3 Å². The van der Waals surface area contributed by atoms with E-state index in [1.54, 1.807) is 0 Å². The van der Waals surface area contributed by atoms with Gasteiger partial charge >= 0.3 is 6.09 Å². The summed E-state index contributed by atoms with van der Waals surface area (Å²) >= 11 is 0. The molecule has 1 aromatic carbocycles. The monoisotopic (exact) mass is 404 g/mol. The van der Waals surface area contributed by atoms with Crippen LogP contribution in [0.2, 0.25) is 0 Å². The van der Waals surface area contributed by atoms with Gasteiger partial charge in [-0.1, -0.05) is 13.3 Å². The van der Waals surface area contributed by atoms with E-state index in [1.165, 1.54) is 6.42 Å². The van der Waals surface area contributed by atoms with Gasteiger partial charge in [-0.15, -0.1) is 0 Å². The summed E-state index contributed by atoms with van der Waals surface area (Å²) in [6, 6.07) is 6.08.